The van der Waals surface area contributed by atoms with E-state index in [2.05, 4.69) is 0 Å². The van der Waals surface area contributed by atoms with E-state index in [4.69, 9.17) is 27.9 Å². The van der Waals surface area contributed by atoms with Gasteiger partial charge in [0.2, 0.25) is 5.69 Å². The number of ether oxygens (including phenoxy) is 1. The fourth-order valence-electron chi connectivity index (χ4n) is 3.48. The molecule has 2 aromatic rings. The molecule has 7 heteroatoms. The van der Waals surface area contributed by atoms with E-state index in [1.807, 2.05) is 46.8 Å². The van der Waals surface area contributed by atoms with Crippen molar-refractivity contribution < 1.29 is 14.3 Å². The molecule has 0 spiro atoms. The molecular formula is C21H24Cl2N2O3. The third-order valence-corrected chi connectivity index (χ3v) is 5.16. The summed E-state index contributed by atoms with van der Waals surface area (Å²) in [5.41, 5.74) is 1.65. The van der Waals surface area contributed by atoms with Crippen LogP contribution in [0.1, 0.15) is 51.4 Å². The Morgan fingerprint density at radius 2 is 1.96 bits per heavy atom. The monoisotopic (exact) mass is 422 g/mol. The average molecular weight is 423 g/mol. The second-order valence-corrected chi connectivity index (χ2v) is 9.61. The Kier molecular flexibility index (Phi) is 5.28. The van der Waals surface area contributed by atoms with Crippen molar-refractivity contribution in [3.8, 4) is 0 Å². The number of halogens is 2. The Balaban J connectivity index is 2.00. The summed E-state index contributed by atoms with van der Waals surface area (Å²) in [6, 6.07) is 7.14. The topological polar surface area (TPSA) is 56.5 Å². The number of anilines is 1. The first-order valence-corrected chi connectivity index (χ1v) is 9.84. The number of benzene rings is 1. The quantitative estimate of drug-likeness (QED) is 0.490. The molecule has 0 fully saturated rings. The fourth-order valence-corrected chi connectivity index (χ4v) is 3.95. The number of nitrogens with zero attached hydrogens (tertiary/aromatic N) is 2. The van der Waals surface area contributed by atoms with Gasteiger partial charge >= 0.3 is 6.09 Å². The normalized spacial score (nSPS) is 15.5. The molecule has 1 amide bonds. The van der Waals surface area contributed by atoms with E-state index in [-0.39, 0.29) is 0 Å². The van der Waals surface area contributed by atoms with Crippen LogP contribution in [0.2, 0.25) is 10.0 Å². The van der Waals surface area contributed by atoms with Gasteiger partial charge in [-0.3, -0.25) is 4.90 Å². The highest BCUT2D eigenvalue weighted by Gasteiger charge is 2.46. The molecule has 1 aliphatic heterocycles. The van der Waals surface area contributed by atoms with Gasteiger partial charge in [-0.1, -0.05) is 29.3 Å². The molecular weight excluding hydrogens is 399 g/mol. The predicted octanol–water partition coefficient (Wildman–Crippen LogP) is 5.25. The minimum absolute atomic E-state index is 0.380. The van der Waals surface area contributed by atoms with Crippen LogP contribution in [0.4, 0.5) is 10.5 Å². The van der Waals surface area contributed by atoms with E-state index in [9.17, 15) is 10.0 Å². The zero-order valence-corrected chi connectivity index (χ0v) is 18.2. The minimum Gasteiger partial charge on any atom is -0.618 e. The molecule has 1 aromatic carbocycles. The zero-order valence-electron chi connectivity index (χ0n) is 16.7. The summed E-state index contributed by atoms with van der Waals surface area (Å²) in [5, 5.41) is 13.9. The second-order valence-electron chi connectivity index (χ2n) is 8.77. The van der Waals surface area contributed by atoms with Gasteiger partial charge in [-0.05, 0) is 58.4 Å². The first kappa shape index (κ1) is 20.7. The van der Waals surface area contributed by atoms with E-state index in [0.29, 0.717) is 34.4 Å². The van der Waals surface area contributed by atoms with Gasteiger partial charge in [0.15, 0.2) is 6.20 Å². The minimum atomic E-state index is -0.619. The van der Waals surface area contributed by atoms with E-state index < -0.39 is 17.1 Å². The Morgan fingerprint density at radius 1 is 1.29 bits per heavy atom. The Hall–Kier alpha value is -1.98. The molecule has 150 valence electrons. The van der Waals surface area contributed by atoms with Gasteiger partial charge in [0.25, 0.3) is 0 Å². The Morgan fingerprint density at radius 3 is 2.57 bits per heavy atom. The van der Waals surface area contributed by atoms with Gasteiger partial charge in [-0.15, -0.1) is 0 Å². The molecule has 0 saturated heterocycles. The van der Waals surface area contributed by atoms with Crippen molar-refractivity contribution in [3.63, 3.8) is 0 Å². The van der Waals surface area contributed by atoms with E-state index >= 15 is 0 Å². The van der Waals surface area contributed by atoms with Crippen LogP contribution in [0.25, 0.3) is 0 Å². The first-order valence-electron chi connectivity index (χ1n) is 9.08. The smallest absolute Gasteiger partial charge is 0.415 e. The molecule has 1 aromatic heterocycles. The maximum absolute atomic E-state index is 12.8. The number of carbonyl (C=O) groups is 1. The van der Waals surface area contributed by atoms with Crippen molar-refractivity contribution >= 4 is 35.0 Å². The molecule has 28 heavy (non-hydrogen) atoms. The standard InChI is InChI=1S/C21H24Cl2N2O3/c1-20(2,3)28-19(26)24-12-21(4,5)18-17(24)9-13(11-25(18)27)8-14-6-7-15(22)10-16(14)23/h6-7,9-11H,8,12H2,1-5H3. The highest BCUT2D eigenvalue weighted by molar-refractivity contribution is 6.35. The van der Waals surface area contributed by atoms with E-state index in [1.165, 1.54) is 0 Å². The number of carbonyl (C=O) groups excluding carboxylic acids is 1. The number of rotatable bonds is 2. The molecule has 0 saturated carbocycles. The molecule has 0 unspecified atom stereocenters. The Bertz CT molecular complexity index is 936. The number of amides is 1. The number of hydrogen-bond donors (Lipinski definition) is 0. The third kappa shape index (κ3) is 4.20. The van der Waals surface area contributed by atoms with Crippen LogP contribution in [0.15, 0.2) is 30.5 Å². The van der Waals surface area contributed by atoms with Crippen LogP contribution >= 0.6 is 23.2 Å². The molecule has 0 aliphatic carbocycles. The SMILES string of the molecule is CC(C)(C)OC(=O)N1CC(C)(C)c2c1cc(Cc1ccc(Cl)cc1Cl)c[n+]2[O-]. The molecule has 0 N–H and O–H groups in total. The number of pyridine rings is 1. The molecule has 2 heterocycles. The van der Waals surface area contributed by atoms with Gasteiger partial charge in [0.1, 0.15) is 11.3 Å². The van der Waals surface area contributed by atoms with Crippen LogP contribution in [0, 0.1) is 5.21 Å². The predicted molar refractivity (Wildman–Crippen MR) is 111 cm³/mol. The van der Waals surface area contributed by atoms with Crippen molar-refractivity contribution in [1.29, 1.82) is 0 Å². The van der Waals surface area contributed by atoms with Gasteiger partial charge in [-0.25, -0.2) is 4.79 Å². The van der Waals surface area contributed by atoms with Crippen molar-refractivity contribution in [2.75, 3.05) is 11.4 Å². The lowest BCUT2D eigenvalue weighted by molar-refractivity contribution is -0.616. The Labute approximate surface area is 175 Å². The lowest BCUT2D eigenvalue weighted by atomic mass is 9.91. The number of aromatic nitrogens is 1. The number of hydrogen-bond acceptors (Lipinski definition) is 3. The molecule has 3 rings (SSSR count). The van der Waals surface area contributed by atoms with Crippen LogP contribution in [0.3, 0.4) is 0 Å². The average Bonchev–Trinajstić information content (AvgIpc) is 2.80. The molecule has 0 atom stereocenters. The molecule has 0 radical (unpaired) electrons. The summed E-state index contributed by atoms with van der Waals surface area (Å²) in [5.74, 6) is 0. The fraction of sp³-hybridized carbons (Fsp3) is 0.429. The van der Waals surface area contributed by atoms with Gasteiger partial charge in [0, 0.05) is 28.6 Å². The number of fused-ring (bicyclic) bond motifs is 1. The second kappa shape index (κ2) is 7.12. The maximum Gasteiger partial charge on any atom is 0.415 e. The van der Waals surface area contributed by atoms with Gasteiger partial charge in [0.05, 0.1) is 5.41 Å². The van der Waals surface area contributed by atoms with Crippen molar-refractivity contribution in [3.05, 3.63) is 62.5 Å². The van der Waals surface area contributed by atoms with Gasteiger partial charge < -0.3 is 9.94 Å². The highest BCUT2D eigenvalue weighted by atomic mass is 35.5. The lowest BCUT2D eigenvalue weighted by Gasteiger charge is -2.25. The van der Waals surface area contributed by atoms with E-state index in [0.717, 1.165) is 15.9 Å². The van der Waals surface area contributed by atoms with Crippen LogP contribution in [0.5, 0.6) is 0 Å². The van der Waals surface area contributed by atoms with Crippen molar-refractivity contribution in [2.45, 2.75) is 52.1 Å². The van der Waals surface area contributed by atoms with Crippen LogP contribution in [-0.2, 0) is 16.6 Å². The van der Waals surface area contributed by atoms with Gasteiger partial charge in [-0.2, -0.15) is 4.73 Å². The summed E-state index contributed by atoms with van der Waals surface area (Å²) in [6.45, 7) is 9.73. The summed E-state index contributed by atoms with van der Waals surface area (Å²) in [7, 11) is 0. The third-order valence-electron chi connectivity index (χ3n) is 4.58. The summed E-state index contributed by atoms with van der Waals surface area (Å²) in [6.07, 6.45) is 1.54. The summed E-state index contributed by atoms with van der Waals surface area (Å²) >= 11 is 12.2. The lowest BCUT2D eigenvalue weighted by Crippen LogP contribution is -2.40. The van der Waals surface area contributed by atoms with Crippen LogP contribution < -0.4 is 9.63 Å². The van der Waals surface area contributed by atoms with Crippen molar-refractivity contribution in [2.24, 2.45) is 0 Å². The molecule has 5 nitrogen and oxygen atoms in total. The van der Waals surface area contributed by atoms with E-state index in [1.54, 1.807) is 23.2 Å². The maximum atomic E-state index is 12.8. The summed E-state index contributed by atoms with van der Waals surface area (Å²) in [4.78, 5) is 14.3. The molecule has 0 bridgehead atoms. The largest absolute Gasteiger partial charge is 0.618 e. The van der Waals surface area contributed by atoms with Crippen molar-refractivity contribution in [1.82, 2.24) is 0 Å². The van der Waals surface area contributed by atoms with Crippen LogP contribution in [-0.4, -0.2) is 18.2 Å². The molecule has 1 aliphatic rings. The first-order chi connectivity index (χ1) is 12.9. The highest BCUT2D eigenvalue weighted by Crippen LogP contribution is 2.39. The zero-order chi connectivity index (χ0) is 20.9. The summed E-state index contributed by atoms with van der Waals surface area (Å²) < 4.78 is 6.40.